The Morgan fingerprint density at radius 2 is 1.86 bits per heavy atom. The van der Waals surface area contributed by atoms with Crippen LogP contribution in [-0.4, -0.2) is 21.2 Å². The largest absolute Gasteiger partial charge is 0.365 e. The van der Waals surface area contributed by atoms with Crippen LogP contribution in [-0.2, 0) is 6.54 Å². The molecule has 2 aromatic rings. The molecule has 1 aromatic heterocycles. The first kappa shape index (κ1) is 15.1. The number of pyridine rings is 1. The second kappa shape index (κ2) is 6.00. The van der Waals surface area contributed by atoms with Crippen LogP contribution >= 0.6 is 0 Å². The van der Waals surface area contributed by atoms with Crippen LogP contribution in [0.2, 0.25) is 0 Å². The average Bonchev–Trinajstić information content (AvgIpc) is 2.49. The maximum atomic E-state index is 12.1. The Kier molecular flexibility index (Phi) is 4.12. The molecule has 0 unspecified atom stereocenters. The van der Waals surface area contributed by atoms with Gasteiger partial charge in [-0.3, -0.25) is 24.5 Å². The molecular weight excluding hydrogens is 290 g/mol. The molecule has 0 bridgehead atoms. The van der Waals surface area contributed by atoms with E-state index in [1.807, 2.05) is 0 Å². The molecule has 2 rings (SSSR count). The molecule has 1 amide bonds. The predicted octanol–water partition coefficient (Wildman–Crippen LogP) is 0.738. The van der Waals surface area contributed by atoms with E-state index in [4.69, 9.17) is 5.73 Å². The number of aromatic nitrogens is 1. The fraction of sp³-hybridized carbons (Fsp3) is 0.0714. The molecule has 8 heteroatoms. The summed E-state index contributed by atoms with van der Waals surface area (Å²) < 4.78 is 0.813. The topological polar surface area (TPSA) is 125 Å². The number of ketones is 1. The molecule has 0 fully saturated rings. The molecule has 0 atom stereocenters. The molecule has 22 heavy (non-hydrogen) atoms. The first-order valence-corrected chi connectivity index (χ1v) is 6.17. The zero-order valence-electron chi connectivity index (χ0n) is 11.3. The van der Waals surface area contributed by atoms with E-state index in [1.54, 1.807) is 30.3 Å². The summed E-state index contributed by atoms with van der Waals surface area (Å²) in [5.74, 6) is -1.51. The van der Waals surface area contributed by atoms with Gasteiger partial charge in [0.2, 0.25) is 0 Å². The van der Waals surface area contributed by atoms with Crippen molar-refractivity contribution < 1.29 is 14.5 Å². The van der Waals surface area contributed by atoms with Gasteiger partial charge in [-0.1, -0.05) is 30.3 Å². The lowest BCUT2D eigenvalue weighted by atomic mass is 10.1. The minimum Gasteiger partial charge on any atom is -0.365 e. The monoisotopic (exact) mass is 301 g/mol. The van der Waals surface area contributed by atoms with Crippen LogP contribution in [0, 0.1) is 10.1 Å². The fourth-order valence-electron chi connectivity index (χ4n) is 1.88. The van der Waals surface area contributed by atoms with Crippen LogP contribution in [0.15, 0.2) is 47.4 Å². The van der Waals surface area contributed by atoms with Crippen LogP contribution in [0.5, 0.6) is 0 Å². The maximum absolute atomic E-state index is 12.1. The summed E-state index contributed by atoms with van der Waals surface area (Å²) in [5.41, 5.74) is 3.51. The van der Waals surface area contributed by atoms with E-state index in [1.165, 1.54) is 0 Å². The number of nitrogens with two attached hydrogens (primary N) is 1. The molecule has 2 N–H and O–H groups in total. The molecule has 0 aliphatic carbocycles. The van der Waals surface area contributed by atoms with Crippen molar-refractivity contribution in [2.24, 2.45) is 5.73 Å². The van der Waals surface area contributed by atoms with Gasteiger partial charge in [-0.15, -0.1) is 0 Å². The third-order valence-electron chi connectivity index (χ3n) is 2.96. The number of rotatable bonds is 5. The second-order valence-corrected chi connectivity index (χ2v) is 4.46. The van der Waals surface area contributed by atoms with E-state index in [9.17, 15) is 24.5 Å². The highest BCUT2D eigenvalue weighted by molar-refractivity contribution is 5.96. The van der Waals surface area contributed by atoms with Crippen LogP contribution in [0.1, 0.15) is 20.7 Å². The molecule has 112 valence electrons. The van der Waals surface area contributed by atoms with Gasteiger partial charge in [0.1, 0.15) is 5.56 Å². The van der Waals surface area contributed by atoms with E-state index in [2.05, 4.69) is 0 Å². The molecule has 8 nitrogen and oxygen atoms in total. The summed E-state index contributed by atoms with van der Waals surface area (Å²) in [7, 11) is 0. The van der Waals surface area contributed by atoms with Gasteiger partial charge in [-0.25, -0.2) is 0 Å². The van der Waals surface area contributed by atoms with E-state index in [-0.39, 0.29) is 0 Å². The Morgan fingerprint density at radius 3 is 2.41 bits per heavy atom. The van der Waals surface area contributed by atoms with Gasteiger partial charge in [0.15, 0.2) is 5.78 Å². The molecule has 0 saturated carbocycles. The number of nitrogens with zero attached hydrogens (tertiary/aromatic N) is 2. The van der Waals surface area contributed by atoms with Crippen LogP contribution in [0.3, 0.4) is 0 Å². The Hall–Kier alpha value is -3.29. The highest BCUT2D eigenvalue weighted by Crippen LogP contribution is 2.11. The Bertz CT molecular complexity index is 811. The molecule has 1 heterocycles. The quantitative estimate of drug-likeness (QED) is 0.495. The standard InChI is InChI=1S/C14H11N3O5/c15-13(19)11-6-10(17(21)22)7-16(14(11)20)8-12(18)9-4-2-1-3-5-9/h1-7H,8H2,(H2,15,19). The summed E-state index contributed by atoms with van der Waals surface area (Å²) in [6.45, 7) is -0.426. The van der Waals surface area contributed by atoms with Gasteiger partial charge in [0.25, 0.3) is 17.2 Å². The van der Waals surface area contributed by atoms with E-state index >= 15 is 0 Å². The predicted molar refractivity (Wildman–Crippen MR) is 76.6 cm³/mol. The number of Topliss-reactive ketones (excluding diaryl/α,β-unsaturated/α-hetero) is 1. The lowest BCUT2D eigenvalue weighted by Crippen LogP contribution is -2.31. The van der Waals surface area contributed by atoms with Crippen molar-refractivity contribution in [1.29, 1.82) is 0 Å². The molecular formula is C14H11N3O5. The van der Waals surface area contributed by atoms with Crippen LogP contribution in [0.25, 0.3) is 0 Å². The lowest BCUT2D eigenvalue weighted by Gasteiger charge is -2.06. The average molecular weight is 301 g/mol. The number of amides is 1. The summed E-state index contributed by atoms with van der Waals surface area (Å²) in [6, 6.07) is 8.94. The number of nitro groups is 1. The van der Waals surface area contributed by atoms with Crippen LogP contribution in [0.4, 0.5) is 5.69 Å². The van der Waals surface area contributed by atoms with Crippen molar-refractivity contribution in [3.8, 4) is 0 Å². The van der Waals surface area contributed by atoms with Gasteiger partial charge in [0.05, 0.1) is 17.7 Å². The Morgan fingerprint density at radius 1 is 1.23 bits per heavy atom. The number of benzene rings is 1. The van der Waals surface area contributed by atoms with E-state index < -0.39 is 40.0 Å². The van der Waals surface area contributed by atoms with Gasteiger partial charge in [-0.05, 0) is 0 Å². The van der Waals surface area contributed by atoms with Crippen molar-refractivity contribution in [3.63, 3.8) is 0 Å². The summed E-state index contributed by atoms with van der Waals surface area (Å²) in [4.78, 5) is 45.4. The lowest BCUT2D eigenvalue weighted by molar-refractivity contribution is -0.385. The molecule has 0 spiro atoms. The van der Waals surface area contributed by atoms with Gasteiger partial charge >= 0.3 is 0 Å². The minimum absolute atomic E-state index is 0.349. The van der Waals surface area contributed by atoms with Gasteiger partial charge in [-0.2, -0.15) is 0 Å². The van der Waals surface area contributed by atoms with Gasteiger partial charge < -0.3 is 10.3 Å². The van der Waals surface area contributed by atoms with Crippen molar-refractivity contribution in [2.45, 2.75) is 6.54 Å². The van der Waals surface area contributed by atoms with Gasteiger partial charge in [0, 0.05) is 11.6 Å². The number of hydrogen-bond acceptors (Lipinski definition) is 5. The zero-order valence-corrected chi connectivity index (χ0v) is 11.3. The first-order valence-electron chi connectivity index (χ1n) is 6.17. The first-order chi connectivity index (χ1) is 10.4. The minimum atomic E-state index is -1.09. The molecule has 0 radical (unpaired) electrons. The van der Waals surface area contributed by atoms with E-state index in [0.717, 1.165) is 16.8 Å². The number of carbonyl (C=O) groups is 2. The molecule has 0 aliphatic rings. The third-order valence-corrected chi connectivity index (χ3v) is 2.96. The van der Waals surface area contributed by atoms with Crippen molar-refractivity contribution in [3.05, 3.63) is 74.2 Å². The molecule has 1 aromatic carbocycles. The number of carbonyl (C=O) groups excluding carboxylic acids is 2. The molecule has 0 saturated heterocycles. The third kappa shape index (κ3) is 3.06. The fourth-order valence-corrected chi connectivity index (χ4v) is 1.88. The van der Waals surface area contributed by atoms with Crippen LogP contribution < -0.4 is 11.3 Å². The summed E-state index contributed by atoms with van der Waals surface area (Å²) in [5, 5.41) is 10.8. The number of hydrogen-bond donors (Lipinski definition) is 1. The van der Waals surface area contributed by atoms with Crippen molar-refractivity contribution in [2.75, 3.05) is 0 Å². The Balaban J connectivity index is 2.46. The highest BCUT2D eigenvalue weighted by Gasteiger charge is 2.18. The SMILES string of the molecule is NC(=O)c1cc([N+](=O)[O-])cn(CC(=O)c2ccccc2)c1=O. The highest BCUT2D eigenvalue weighted by atomic mass is 16.6. The van der Waals surface area contributed by atoms with Crippen molar-refractivity contribution >= 4 is 17.4 Å². The summed E-state index contributed by atoms with van der Waals surface area (Å²) in [6.07, 6.45) is 0.912. The van der Waals surface area contributed by atoms with Crippen molar-refractivity contribution in [1.82, 2.24) is 4.57 Å². The number of primary amides is 1. The molecule has 0 aliphatic heterocycles. The maximum Gasteiger partial charge on any atom is 0.286 e. The zero-order chi connectivity index (χ0) is 16.3. The smallest absolute Gasteiger partial charge is 0.286 e. The Labute approximate surface area is 123 Å². The normalized spacial score (nSPS) is 10.2. The summed E-state index contributed by atoms with van der Waals surface area (Å²) >= 11 is 0. The second-order valence-electron chi connectivity index (χ2n) is 4.46. The van der Waals surface area contributed by atoms with E-state index in [0.29, 0.717) is 5.56 Å².